The molecule has 1 heterocycles. The molecule has 2 aromatic carbocycles. The van der Waals surface area contributed by atoms with Gasteiger partial charge >= 0.3 is 0 Å². The quantitative estimate of drug-likeness (QED) is 0.699. The minimum Gasteiger partial charge on any atom is -0.336 e. The van der Waals surface area contributed by atoms with E-state index in [-0.39, 0.29) is 17.3 Å². The molecule has 1 fully saturated rings. The highest BCUT2D eigenvalue weighted by Gasteiger charge is 2.23. The Bertz CT molecular complexity index is 938. The summed E-state index contributed by atoms with van der Waals surface area (Å²) in [5.41, 5.74) is 1.44. The summed E-state index contributed by atoms with van der Waals surface area (Å²) in [7, 11) is -2.07. The Hall–Kier alpha value is -1.93. The van der Waals surface area contributed by atoms with Crippen molar-refractivity contribution in [2.45, 2.75) is 18.4 Å². The van der Waals surface area contributed by atoms with Gasteiger partial charge in [-0.25, -0.2) is 8.42 Å². The van der Waals surface area contributed by atoms with E-state index in [2.05, 4.69) is 11.8 Å². The third-order valence-electron chi connectivity index (χ3n) is 5.23. The predicted octanol–water partition coefficient (Wildman–Crippen LogP) is 2.94. The summed E-state index contributed by atoms with van der Waals surface area (Å²) in [6, 6.07) is 13.3. The lowest BCUT2D eigenvalue weighted by atomic mass is 10.1. The fourth-order valence-corrected chi connectivity index (χ4v) is 4.62. The zero-order chi connectivity index (χ0) is 21.0. The number of piperazine rings is 1. The normalized spacial score (nSPS) is 15.7. The highest BCUT2D eigenvalue weighted by atomic mass is 35.5. The van der Waals surface area contributed by atoms with Crippen molar-refractivity contribution in [1.82, 2.24) is 14.1 Å². The summed E-state index contributed by atoms with van der Waals surface area (Å²) in [6.45, 7) is 6.60. The van der Waals surface area contributed by atoms with Gasteiger partial charge in [-0.05, 0) is 48.5 Å². The highest BCUT2D eigenvalue weighted by Crippen LogP contribution is 2.19. The molecule has 8 heteroatoms. The second-order valence-electron chi connectivity index (χ2n) is 7.14. The summed E-state index contributed by atoms with van der Waals surface area (Å²) in [5.74, 6) is 0.0226. The molecule has 1 saturated heterocycles. The van der Waals surface area contributed by atoms with Gasteiger partial charge in [-0.1, -0.05) is 30.7 Å². The molecule has 1 amide bonds. The van der Waals surface area contributed by atoms with Crippen LogP contribution in [-0.2, 0) is 16.6 Å². The lowest BCUT2D eigenvalue weighted by molar-refractivity contribution is 0.0643. The van der Waals surface area contributed by atoms with Gasteiger partial charge in [0.1, 0.15) is 0 Å². The maximum absolute atomic E-state index is 12.7. The van der Waals surface area contributed by atoms with Gasteiger partial charge in [-0.15, -0.1) is 0 Å². The van der Waals surface area contributed by atoms with E-state index < -0.39 is 10.0 Å². The van der Waals surface area contributed by atoms with E-state index in [1.807, 2.05) is 17.0 Å². The van der Waals surface area contributed by atoms with Crippen molar-refractivity contribution in [1.29, 1.82) is 0 Å². The van der Waals surface area contributed by atoms with Crippen molar-refractivity contribution in [2.24, 2.45) is 0 Å². The molecule has 0 bridgehead atoms. The van der Waals surface area contributed by atoms with Gasteiger partial charge in [0, 0.05) is 50.4 Å². The molecule has 0 unspecified atom stereocenters. The van der Waals surface area contributed by atoms with E-state index in [1.165, 1.54) is 23.5 Å². The number of likely N-dealkylation sites (N-methyl/N-ethyl adjacent to an activating group) is 1. The fourth-order valence-electron chi connectivity index (χ4n) is 3.33. The average Bonchev–Trinajstić information content (AvgIpc) is 2.74. The number of carbonyl (C=O) groups is 1. The maximum atomic E-state index is 12.7. The van der Waals surface area contributed by atoms with E-state index in [4.69, 9.17) is 11.6 Å². The molecule has 156 valence electrons. The third kappa shape index (κ3) is 5.17. The van der Waals surface area contributed by atoms with E-state index >= 15 is 0 Å². The van der Waals surface area contributed by atoms with Crippen molar-refractivity contribution in [3.8, 4) is 0 Å². The van der Waals surface area contributed by atoms with Crippen molar-refractivity contribution < 1.29 is 13.2 Å². The zero-order valence-corrected chi connectivity index (χ0v) is 18.3. The van der Waals surface area contributed by atoms with Crippen LogP contribution in [0.15, 0.2) is 53.4 Å². The van der Waals surface area contributed by atoms with Gasteiger partial charge in [0.2, 0.25) is 10.0 Å². The summed E-state index contributed by atoms with van der Waals surface area (Å²) in [6.07, 6.45) is 0. The first-order valence-electron chi connectivity index (χ1n) is 9.63. The first kappa shape index (κ1) is 21.8. The smallest absolute Gasteiger partial charge is 0.253 e. The molecule has 0 spiro atoms. The van der Waals surface area contributed by atoms with Crippen LogP contribution in [0.1, 0.15) is 22.8 Å². The molecular weight excluding hydrogens is 410 g/mol. The van der Waals surface area contributed by atoms with Gasteiger partial charge < -0.3 is 9.80 Å². The van der Waals surface area contributed by atoms with E-state index in [0.29, 0.717) is 10.6 Å². The minimum absolute atomic E-state index is 0.0226. The Kier molecular flexibility index (Phi) is 6.95. The minimum atomic E-state index is -3.61. The third-order valence-corrected chi connectivity index (χ3v) is 7.30. The van der Waals surface area contributed by atoms with Crippen LogP contribution in [0.3, 0.4) is 0 Å². The van der Waals surface area contributed by atoms with Crippen LogP contribution in [0.4, 0.5) is 0 Å². The molecule has 29 heavy (non-hydrogen) atoms. The molecule has 0 N–H and O–H groups in total. The molecule has 0 radical (unpaired) electrons. The summed E-state index contributed by atoms with van der Waals surface area (Å²) >= 11 is 5.84. The SMILES string of the molecule is CCN1CCN(C(=O)c2ccc(CN(C)S(=O)(=O)c3ccc(Cl)cc3)cc2)CC1. The Balaban J connectivity index is 1.64. The van der Waals surface area contributed by atoms with Gasteiger partial charge in [-0.2, -0.15) is 4.31 Å². The number of carbonyl (C=O) groups excluding carboxylic acids is 1. The number of hydrogen-bond acceptors (Lipinski definition) is 4. The van der Waals surface area contributed by atoms with Crippen LogP contribution >= 0.6 is 11.6 Å². The monoisotopic (exact) mass is 435 g/mol. The van der Waals surface area contributed by atoms with Crippen LogP contribution in [-0.4, -0.2) is 68.2 Å². The van der Waals surface area contributed by atoms with E-state index in [9.17, 15) is 13.2 Å². The zero-order valence-electron chi connectivity index (χ0n) is 16.7. The molecule has 6 nitrogen and oxygen atoms in total. The summed E-state index contributed by atoms with van der Waals surface area (Å²) < 4.78 is 26.7. The lowest BCUT2D eigenvalue weighted by Crippen LogP contribution is -2.48. The standard InChI is InChI=1S/C21H26ClN3O3S/c1-3-24-12-14-25(15-13-24)21(26)18-6-4-17(5-7-18)16-23(2)29(27,28)20-10-8-19(22)9-11-20/h4-11H,3,12-16H2,1-2H3. The van der Waals surface area contributed by atoms with Crippen LogP contribution in [0.2, 0.25) is 5.02 Å². The predicted molar refractivity (Wildman–Crippen MR) is 115 cm³/mol. The van der Waals surface area contributed by atoms with E-state index in [1.54, 1.807) is 24.3 Å². The Morgan fingerprint density at radius 3 is 2.14 bits per heavy atom. The second-order valence-corrected chi connectivity index (χ2v) is 9.62. The Morgan fingerprint density at radius 1 is 1.00 bits per heavy atom. The van der Waals surface area contributed by atoms with Gasteiger partial charge in [0.15, 0.2) is 0 Å². The topological polar surface area (TPSA) is 60.9 Å². The first-order chi connectivity index (χ1) is 13.8. The number of hydrogen-bond donors (Lipinski definition) is 0. The van der Waals surface area contributed by atoms with Crippen LogP contribution in [0.5, 0.6) is 0 Å². The number of rotatable bonds is 6. The molecule has 0 saturated carbocycles. The molecule has 1 aliphatic rings. The Morgan fingerprint density at radius 2 is 1.59 bits per heavy atom. The molecule has 2 aromatic rings. The van der Waals surface area contributed by atoms with Crippen molar-refractivity contribution in [3.63, 3.8) is 0 Å². The Labute approximate surface area is 177 Å². The first-order valence-corrected chi connectivity index (χ1v) is 11.5. The molecule has 1 aliphatic heterocycles. The van der Waals surface area contributed by atoms with E-state index in [0.717, 1.165) is 38.3 Å². The largest absolute Gasteiger partial charge is 0.336 e. The number of benzene rings is 2. The molecule has 3 rings (SSSR count). The summed E-state index contributed by atoms with van der Waals surface area (Å²) in [5, 5.41) is 0.489. The van der Waals surface area contributed by atoms with Crippen LogP contribution in [0, 0.1) is 0 Å². The second kappa shape index (κ2) is 9.26. The van der Waals surface area contributed by atoms with Crippen LogP contribution in [0.25, 0.3) is 0 Å². The summed E-state index contributed by atoms with van der Waals surface area (Å²) in [4.78, 5) is 17.1. The van der Waals surface area contributed by atoms with Crippen molar-refractivity contribution >= 4 is 27.5 Å². The lowest BCUT2D eigenvalue weighted by Gasteiger charge is -2.34. The van der Waals surface area contributed by atoms with Crippen LogP contribution < -0.4 is 0 Å². The van der Waals surface area contributed by atoms with Gasteiger partial charge in [0.25, 0.3) is 5.91 Å². The maximum Gasteiger partial charge on any atom is 0.253 e. The molecule has 0 aromatic heterocycles. The highest BCUT2D eigenvalue weighted by molar-refractivity contribution is 7.89. The molecular formula is C21H26ClN3O3S. The molecule has 0 aliphatic carbocycles. The van der Waals surface area contributed by atoms with Gasteiger partial charge in [-0.3, -0.25) is 4.79 Å². The van der Waals surface area contributed by atoms with Gasteiger partial charge in [0.05, 0.1) is 4.90 Å². The number of nitrogens with zero attached hydrogens (tertiary/aromatic N) is 3. The van der Waals surface area contributed by atoms with Crippen molar-refractivity contribution in [3.05, 3.63) is 64.7 Å². The van der Waals surface area contributed by atoms with Crippen molar-refractivity contribution in [2.75, 3.05) is 39.8 Å². The number of amides is 1. The molecule has 0 atom stereocenters. The number of halogens is 1. The number of sulfonamides is 1. The average molecular weight is 436 g/mol. The fraction of sp³-hybridized carbons (Fsp3) is 0.381.